The maximum absolute atomic E-state index is 12.5. The molecule has 1 aliphatic heterocycles. The van der Waals surface area contributed by atoms with Crippen LogP contribution in [0.15, 0.2) is 4.79 Å². The van der Waals surface area contributed by atoms with Gasteiger partial charge in [0.1, 0.15) is 5.56 Å². The number of likely N-dealkylation sites (tertiary alicyclic amines) is 1. The Hall–Kier alpha value is -1.69. The van der Waals surface area contributed by atoms with E-state index in [2.05, 4.69) is 10.2 Å². The van der Waals surface area contributed by atoms with Crippen molar-refractivity contribution in [3.63, 3.8) is 0 Å². The SMILES string of the molecule is Cc1n[nH]c(=O)c(C(=O)N2CCC(C)C2CO)c1C. The van der Waals surface area contributed by atoms with Gasteiger partial charge >= 0.3 is 0 Å². The fourth-order valence-corrected chi connectivity index (χ4v) is 2.57. The van der Waals surface area contributed by atoms with E-state index < -0.39 is 5.56 Å². The van der Waals surface area contributed by atoms with Crippen molar-refractivity contribution in [3.8, 4) is 0 Å². The second-order valence-corrected chi connectivity index (χ2v) is 5.15. The van der Waals surface area contributed by atoms with Gasteiger partial charge in [-0.2, -0.15) is 5.10 Å². The largest absolute Gasteiger partial charge is 0.394 e. The van der Waals surface area contributed by atoms with Crippen molar-refractivity contribution in [2.45, 2.75) is 33.2 Å². The number of nitrogens with one attached hydrogen (secondary N) is 1. The highest BCUT2D eigenvalue weighted by Crippen LogP contribution is 2.25. The van der Waals surface area contributed by atoms with Gasteiger partial charge in [0.05, 0.1) is 18.3 Å². The van der Waals surface area contributed by atoms with E-state index in [0.29, 0.717) is 17.8 Å². The van der Waals surface area contributed by atoms with Crippen molar-refractivity contribution in [1.29, 1.82) is 0 Å². The van der Waals surface area contributed by atoms with Crippen molar-refractivity contribution < 1.29 is 9.90 Å². The summed E-state index contributed by atoms with van der Waals surface area (Å²) in [7, 11) is 0. The number of aliphatic hydroxyl groups is 1. The number of H-pyrrole nitrogens is 1. The number of amides is 1. The van der Waals surface area contributed by atoms with Crippen LogP contribution in [0.2, 0.25) is 0 Å². The van der Waals surface area contributed by atoms with Crippen LogP contribution in [0.5, 0.6) is 0 Å². The van der Waals surface area contributed by atoms with Crippen LogP contribution in [-0.4, -0.2) is 45.3 Å². The van der Waals surface area contributed by atoms with Gasteiger partial charge < -0.3 is 10.0 Å². The minimum atomic E-state index is -0.468. The Labute approximate surface area is 111 Å². The summed E-state index contributed by atoms with van der Waals surface area (Å²) in [5, 5.41) is 15.6. The van der Waals surface area contributed by atoms with Gasteiger partial charge in [-0.1, -0.05) is 6.92 Å². The molecule has 6 nitrogen and oxygen atoms in total. The average Bonchev–Trinajstić information content (AvgIpc) is 2.75. The lowest BCUT2D eigenvalue weighted by molar-refractivity contribution is 0.0645. The number of aliphatic hydroxyl groups excluding tert-OH is 1. The van der Waals surface area contributed by atoms with Crippen LogP contribution >= 0.6 is 0 Å². The van der Waals surface area contributed by atoms with Crippen LogP contribution in [0.4, 0.5) is 0 Å². The first-order valence-electron chi connectivity index (χ1n) is 6.45. The summed E-state index contributed by atoms with van der Waals surface area (Å²) in [6.45, 7) is 5.97. The average molecular weight is 265 g/mol. The molecule has 0 aromatic carbocycles. The predicted molar refractivity (Wildman–Crippen MR) is 70.0 cm³/mol. The van der Waals surface area contributed by atoms with Gasteiger partial charge in [-0.15, -0.1) is 0 Å². The molecule has 2 N–H and O–H groups in total. The number of aromatic amines is 1. The van der Waals surface area contributed by atoms with Gasteiger partial charge in [-0.3, -0.25) is 9.59 Å². The molecule has 0 spiro atoms. The molecule has 1 saturated heterocycles. The summed E-state index contributed by atoms with van der Waals surface area (Å²) in [5.41, 5.74) is 0.908. The molecule has 2 rings (SSSR count). The fourth-order valence-electron chi connectivity index (χ4n) is 2.57. The van der Waals surface area contributed by atoms with E-state index in [4.69, 9.17) is 0 Å². The highest BCUT2D eigenvalue weighted by Gasteiger charge is 2.35. The first-order chi connectivity index (χ1) is 8.97. The fraction of sp³-hybridized carbons (Fsp3) is 0.615. The molecule has 0 radical (unpaired) electrons. The van der Waals surface area contributed by atoms with Crippen molar-refractivity contribution >= 4 is 5.91 Å². The predicted octanol–water partition coefficient (Wildman–Crippen LogP) is 0.230. The van der Waals surface area contributed by atoms with Gasteiger partial charge in [-0.05, 0) is 31.7 Å². The number of hydrogen-bond donors (Lipinski definition) is 2. The number of hydrogen-bond acceptors (Lipinski definition) is 4. The second-order valence-electron chi connectivity index (χ2n) is 5.15. The Morgan fingerprint density at radius 2 is 2.21 bits per heavy atom. The topological polar surface area (TPSA) is 86.3 Å². The molecule has 0 aliphatic carbocycles. The number of carbonyl (C=O) groups is 1. The molecule has 1 aromatic rings. The zero-order chi connectivity index (χ0) is 14.2. The smallest absolute Gasteiger partial charge is 0.277 e. The third-order valence-electron chi connectivity index (χ3n) is 4.01. The number of aromatic nitrogens is 2. The number of aryl methyl sites for hydroxylation is 1. The minimum absolute atomic E-state index is 0.0755. The van der Waals surface area contributed by atoms with Crippen molar-refractivity contribution in [2.24, 2.45) is 5.92 Å². The zero-order valence-electron chi connectivity index (χ0n) is 11.4. The van der Waals surface area contributed by atoms with Crippen molar-refractivity contribution in [1.82, 2.24) is 15.1 Å². The van der Waals surface area contributed by atoms with E-state index >= 15 is 0 Å². The van der Waals surface area contributed by atoms with E-state index in [9.17, 15) is 14.7 Å². The normalized spacial score (nSPS) is 22.8. The third kappa shape index (κ3) is 2.28. The van der Waals surface area contributed by atoms with Crippen molar-refractivity contribution in [2.75, 3.05) is 13.2 Å². The summed E-state index contributed by atoms with van der Waals surface area (Å²) < 4.78 is 0. The molecule has 2 unspecified atom stereocenters. The van der Waals surface area contributed by atoms with Gasteiger partial charge in [0.2, 0.25) is 0 Å². The molecular formula is C13H19N3O3. The number of nitrogens with zero attached hydrogens (tertiary/aromatic N) is 2. The lowest BCUT2D eigenvalue weighted by atomic mass is 10.0. The maximum Gasteiger partial charge on any atom is 0.277 e. The summed E-state index contributed by atoms with van der Waals surface area (Å²) in [6, 6.07) is -0.209. The monoisotopic (exact) mass is 265 g/mol. The summed E-state index contributed by atoms with van der Waals surface area (Å²) in [6.07, 6.45) is 0.845. The highest BCUT2D eigenvalue weighted by atomic mass is 16.3. The first-order valence-corrected chi connectivity index (χ1v) is 6.45. The maximum atomic E-state index is 12.5. The molecule has 2 heterocycles. The van der Waals surface area contributed by atoms with Gasteiger partial charge in [-0.25, -0.2) is 5.10 Å². The Balaban J connectivity index is 2.41. The van der Waals surface area contributed by atoms with Crippen LogP contribution in [0.25, 0.3) is 0 Å². The van der Waals surface area contributed by atoms with Crippen LogP contribution in [0.1, 0.15) is 35.0 Å². The molecule has 19 heavy (non-hydrogen) atoms. The molecule has 104 valence electrons. The van der Waals surface area contributed by atoms with Gasteiger partial charge in [0.25, 0.3) is 11.5 Å². The van der Waals surface area contributed by atoms with E-state index in [1.807, 2.05) is 6.92 Å². The van der Waals surface area contributed by atoms with Crippen LogP contribution in [0.3, 0.4) is 0 Å². The number of carbonyl (C=O) groups excluding carboxylic acids is 1. The lowest BCUT2D eigenvalue weighted by Gasteiger charge is -2.25. The zero-order valence-corrected chi connectivity index (χ0v) is 11.4. The van der Waals surface area contributed by atoms with Crippen molar-refractivity contribution in [3.05, 3.63) is 27.2 Å². The van der Waals surface area contributed by atoms with Gasteiger partial charge in [0, 0.05) is 6.54 Å². The number of rotatable bonds is 2. The summed E-state index contributed by atoms with van der Waals surface area (Å²) >= 11 is 0. The van der Waals surface area contributed by atoms with Crippen LogP contribution in [0, 0.1) is 19.8 Å². The van der Waals surface area contributed by atoms with E-state index in [1.54, 1.807) is 18.7 Å². The molecule has 2 atom stereocenters. The molecule has 6 heteroatoms. The van der Waals surface area contributed by atoms with Crippen LogP contribution < -0.4 is 5.56 Å². The molecule has 0 bridgehead atoms. The molecule has 1 amide bonds. The second kappa shape index (κ2) is 5.13. The standard InChI is InChI=1S/C13H19N3O3/c1-7-4-5-16(10(7)6-17)13(19)11-8(2)9(3)14-15-12(11)18/h7,10,17H,4-6H2,1-3H3,(H,15,18). The highest BCUT2D eigenvalue weighted by molar-refractivity contribution is 5.95. The summed E-state index contributed by atoms with van der Waals surface area (Å²) in [4.78, 5) is 26.0. The van der Waals surface area contributed by atoms with E-state index in [-0.39, 0.29) is 30.0 Å². The lowest BCUT2D eigenvalue weighted by Crippen LogP contribution is -2.42. The van der Waals surface area contributed by atoms with Crippen LogP contribution in [-0.2, 0) is 0 Å². The van der Waals surface area contributed by atoms with E-state index in [1.165, 1.54) is 0 Å². The Bertz CT molecular complexity index is 553. The van der Waals surface area contributed by atoms with Gasteiger partial charge in [0.15, 0.2) is 0 Å². The molecule has 1 aromatic heterocycles. The minimum Gasteiger partial charge on any atom is -0.394 e. The Morgan fingerprint density at radius 1 is 1.53 bits per heavy atom. The molecule has 0 saturated carbocycles. The molecular weight excluding hydrogens is 246 g/mol. The van der Waals surface area contributed by atoms with E-state index in [0.717, 1.165) is 6.42 Å². The first kappa shape index (κ1) is 13.7. The summed E-state index contributed by atoms with van der Waals surface area (Å²) in [5.74, 6) is -0.0658. The molecule has 1 fully saturated rings. The third-order valence-corrected chi connectivity index (χ3v) is 4.01. The Kier molecular flexibility index (Phi) is 3.71. The molecule has 1 aliphatic rings. The Morgan fingerprint density at radius 3 is 2.84 bits per heavy atom. The quantitative estimate of drug-likeness (QED) is 0.801.